The third kappa shape index (κ3) is 4.56. The number of hydrogen-bond acceptors (Lipinski definition) is 5. The SMILES string of the molecule is COc1cc(Cl)c2[nH]c(=O)c3sccc3c2c1-c1ccc(C(C)NC(=O)OC(C)(C)C)cc1. The molecule has 8 heteroatoms. The third-order valence-corrected chi connectivity index (χ3v) is 6.49. The third-order valence-electron chi connectivity index (χ3n) is 5.27. The molecular formula is C25H25ClN2O4S. The van der Waals surface area contributed by atoms with E-state index in [4.69, 9.17) is 21.1 Å². The van der Waals surface area contributed by atoms with Crippen LogP contribution >= 0.6 is 22.9 Å². The zero-order valence-corrected chi connectivity index (χ0v) is 20.6. The summed E-state index contributed by atoms with van der Waals surface area (Å²) in [6.45, 7) is 7.38. The highest BCUT2D eigenvalue weighted by Gasteiger charge is 2.21. The Morgan fingerprint density at radius 2 is 1.88 bits per heavy atom. The van der Waals surface area contributed by atoms with Gasteiger partial charge in [0.15, 0.2) is 0 Å². The fourth-order valence-electron chi connectivity index (χ4n) is 3.82. The number of carbonyl (C=O) groups is 1. The molecule has 6 nitrogen and oxygen atoms in total. The molecule has 0 aliphatic heterocycles. The van der Waals surface area contributed by atoms with E-state index < -0.39 is 11.7 Å². The van der Waals surface area contributed by atoms with Gasteiger partial charge in [0.2, 0.25) is 0 Å². The summed E-state index contributed by atoms with van der Waals surface area (Å²) in [5, 5.41) is 6.84. The molecule has 2 heterocycles. The highest BCUT2D eigenvalue weighted by Crippen LogP contribution is 2.43. The Hall–Kier alpha value is -3.03. The van der Waals surface area contributed by atoms with E-state index in [2.05, 4.69) is 10.3 Å². The molecule has 0 aliphatic carbocycles. The molecule has 1 unspecified atom stereocenters. The Labute approximate surface area is 200 Å². The number of aromatic amines is 1. The number of rotatable bonds is 4. The van der Waals surface area contributed by atoms with Crippen molar-refractivity contribution in [1.82, 2.24) is 10.3 Å². The van der Waals surface area contributed by atoms with Crippen LogP contribution in [-0.4, -0.2) is 23.8 Å². The Morgan fingerprint density at radius 3 is 2.52 bits per heavy atom. The van der Waals surface area contributed by atoms with Crippen LogP contribution in [0, 0.1) is 0 Å². The molecule has 4 aromatic rings. The Bertz CT molecular complexity index is 1400. The zero-order chi connectivity index (χ0) is 23.9. The van der Waals surface area contributed by atoms with Crippen LogP contribution in [0.25, 0.3) is 32.1 Å². The van der Waals surface area contributed by atoms with E-state index in [1.54, 1.807) is 13.2 Å². The molecule has 0 saturated heterocycles. The molecule has 33 heavy (non-hydrogen) atoms. The van der Waals surface area contributed by atoms with Crippen LogP contribution < -0.4 is 15.6 Å². The summed E-state index contributed by atoms with van der Waals surface area (Å²) in [4.78, 5) is 27.6. The van der Waals surface area contributed by atoms with Gasteiger partial charge >= 0.3 is 6.09 Å². The molecule has 1 amide bonds. The monoisotopic (exact) mass is 484 g/mol. The molecule has 1 atom stereocenters. The van der Waals surface area contributed by atoms with Gasteiger partial charge in [0.05, 0.1) is 23.7 Å². The lowest BCUT2D eigenvalue weighted by Crippen LogP contribution is -2.34. The molecule has 0 spiro atoms. The zero-order valence-electron chi connectivity index (χ0n) is 19.0. The topological polar surface area (TPSA) is 80.4 Å². The van der Waals surface area contributed by atoms with Crippen molar-refractivity contribution < 1.29 is 14.3 Å². The summed E-state index contributed by atoms with van der Waals surface area (Å²) in [6.07, 6.45) is -0.465. The van der Waals surface area contributed by atoms with Crippen LogP contribution in [0.15, 0.2) is 46.6 Å². The minimum absolute atomic E-state index is 0.164. The molecule has 0 bridgehead atoms. The van der Waals surface area contributed by atoms with Crippen molar-refractivity contribution in [3.05, 3.63) is 62.7 Å². The number of ether oxygens (including phenoxy) is 2. The summed E-state index contributed by atoms with van der Waals surface area (Å²) in [5.74, 6) is 0.611. The van der Waals surface area contributed by atoms with E-state index in [0.717, 1.165) is 27.5 Å². The molecular weight excluding hydrogens is 460 g/mol. The number of hydrogen-bond donors (Lipinski definition) is 2. The fourth-order valence-corrected chi connectivity index (χ4v) is 4.86. The van der Waals surface area contributed by atoms with Crippen molar-refractivity contribution >= 4 is 50.0 Å². The van der Waals surface area contributed by atoms with Gasteiger partial charge in [-0.1, -0.05) is 35.9 Å². The number of aromatic nitrogens is 1. The van der Waals surface area contributed by atoms with E-state index in [0.29, 0.717) is 21.0 Å². The molecule has 2 aromatic heterocycles. The van der Waals surface area contributed by atoms with Gasteiger partial charge in [-0.15, -0.1) is 11.3 Å². The molecule has 2 N–H and O–H groups in total. The summed E-state index contributed by atoms with van der Waals surface area (Å²) in [5.41, 5.74) is 2.52. The minimum atomic E-state index is -0.562. The van der Waals surface area contributed by atoms with Gasteiger partial charge in [0.1, 0.15) is 16.1 Å². The highest BCUT2D eigenvalue weighted by molar-refractivity contribution is 7.17. The number of nitrogens with one attached hydrogen (secondary N) is 2. The second-order valence-corrected chi connectivity index (χ2v) is 10.1. The second kappa shape index (κ2) is 8.72. The molecule has 2 aromatic carbocycles. The van der Waals surface area contributed by atoms with Gasteiger partial charge in [-0.3, -0.25) is 4.79 Å². The second-order valence-electron chi connectivity index (χ2n) is 8.79. The lowest BCUT2D eigenvalue weighted by molar-refractivity contribution is 0.0508. The summed E-state index contributed by atoms with van der Waals surface area (Å²) >= 11 is 7.89. The number of alkyl carbamates (subject to hydrolysis) is 1. The van der Waals surface area contributed by atoms with Gasteiger partial charge < -0.3 is 19.8 Å². The summed E-state index contributed by atoms with van der Waals surface area (Å²) in [7, 11) is 1.60. The van der Waals surface area contributed by atoms with E-state index >= 15 is 0 Å². The van der Waals surface area contributed by atoms with E-state index in [1.165, 1.54) is 11.3 Å². The number of amides is 1. The van der Waals surface area contributed by atoms with Crippen molar-refractivity contribution in [3.63, 3.8) is 0 Å². The van der Waals surface area contributed by atoms with Gasteiger partial charge in [0, 0.05) is 22.4 Å². The number of fused-ring (bicyclic) bond motifs is 3. The predicted molar refractivity (Wildman–Crippen MR) is 135 cm³/mol. The van der Waals surface area contributed by atoms with Crippen LogP contribution in [0.1, 0.15) is 39.3 Å². The van der Waals surface area contributed by atoms with E-state index in [1.807, 2.05) is 63.4 Å². The first-order valence-electron chi connectivity index (χ1n) is 10.5. The Kier molecular flexibility index (Phi) is 6.12. The average molecular weight is 485 g/mol. The van der Waals surface area contributed by atoms with Gasteiger partial charge in [-0.25, -0.2) is 4.79 Å². The van der Waals surface area contributed by atoms with E-state index in [-0.39, 0.29) is 11.6 Å². The molecule has 0 aliphatic rings. The first-order chi connectivity index (χ1) is 15.6. The molecule has 4 rings (SSSR count). The molecule has 0 saturated carbocycles. The van der Waals surface area contributed by atoms with Crippen molar-refractivity contribution in [1.29, 1.82) is 0 Å². The average Bonchev–Trinajstić information content (AvgIpc) is 3.23. The maximum atomic E-state index is 12.5. The normalized spacial score (nSPS) is 12.7. The van der Waals surface area contributed by atoms with Crippen LogP contribution in [0.5, 0.6) is 5.75 Å². The maximum absolute atomic E-state index is 12.5. The van der Waals surface area contributed by atoms with Gasteiger partial charge in [-0.05, 0) is 50.3 Å². The van der Waals surface area contributed by atoms with Crippen LogP contribution in [0.3, 0.4) is 0 Å². The quantitative estimate of drug-likeness (QED) is 0.339. The van der Waals surface area contributed by atoms with Crippen LogP contribution in [0.2, 0.25) is 5.02 Å². The number of H-pyrrole nitrogens is 1. The van der Waals surface area contributed by atoms with Crippen LogP contribution in [0.4, 0.5) is 4.79 Å². The lowest BCUT2D eigenvalue weighted by atomic mass is 9.95. The number of carbonyl (C=O) groups excluding carboxylic acids is 1. The Morgan fingerprint density at radius 1 is 1.18 bits per heavy atom. The fraction of sp³-hybridized carbons (Fsp3) is 0.280. The Balaban J connectivity index is 1.78. The molecule has 0 fully saturated rings. The molecule has 172 valence electrons. The lowest BCUT2D eigenvalue weighted by Gasteiger charge is -2.22. The number of thiophene rings is 1. The van der Waals surface area contributed by atoms with Gasteiger partial charge in [0.25, 0.3) is 5.56 Å². The van der Waals surface area contributed by atoms with Crippen molar-refractivity contribution in [2.75, 3.05) is 7.11 Å². The van der Waals surface area contributed by atoms with Crippen molar-refractivity contribution in [2.24, 2.45) is 0 Å². The summed E-state index contributed by atoms with van der Waals surface area (Å²) < 4.78 is 11.7. The van der Waals surface area contributed by atoms with Crippen molar-refractivity contribution in [3.8, 4) is 16.9 Å². The first-order valence-corrected chi connectivity index (χ1v) is 11.7. The largest absolute Gasteiger partial charge is 0.496 e. The summed E-state index contributed by atoms with van der Waals surface area (Å²) in [6, 6.07) is 11.2. The predicted octanol–water partition coefficient (Wildman–Crippen LogP) is 6.66. The number of benzene rings is 2. The highest BCUT2D eigenvalue weighted by atomic mass is 35.5. The maximum Gasteiger partial charge on any atom is 0.408 e. The number of pyridine rings is 1. The van der Waals surface area contributed by atoms with Crippen LogP contribution in [-0.2, 0) is 4.74 Å². The van der Waals surface area contributed by atoms with E-state index in [9.17, 15) is 9.59 Å². The smallest absolute Gasteiger partial charge is 0.408 e. The standard InChI is InChI=1S/C25H25ClN2O4S/c1-13(27-24(30)32-25(2,3)4)14-6-8-15(9-7-14)19-18(31-5)12-17(26)21-20(19)16-10-11-33-22(16)23(29)28-21/h6-13H,1-5H3,(H,27,30)(H,28,29). The number of methoxy groups -OCH3 is 1. The number of halogens is 1. The van der Waals surface area contributed by atoms with Crippen molar-refractivity contribution in [2.45, 2.75) is 39.3 Å². The minimum Gasteiger partial charge on any atom is -0.496 e. The molecule has 0 radical (unpaired) electrons. The first kappa shape index (κ1) is 23.1. The van der Waals surface area contributed by atoms with Gasteiger partial charge in [-0.2, -0.15) is 0 Å².